The Kier molecular flexibility index (Phi) is 6.53. The summed E-state index contributed by atoms with van der Waals surface area (Å²) in [5.41, 5.74) is 0. The van der Waals surface area contributed by atoms with Crippen LogP contribution in [-0.4, -0.2) is 46.4 Å². The van der Waals surface area contributed by atoms with Gasteiger partial charge in [-0.15, -0.1) is 0 Å². The van der Waals surface area contributed by atoms with Crippen molar-refractivity contribution in [2.75, 3.05) is 26.9 Å². The molecule has 0 aliphatic rings. The molecule has 0 spiro atoms. The van der Waals surface area contributed by atoms with Crippen LogP contribution in [0.25, 0.3) is 0 Å². The highest BCUT2D eigenvalue weighted by Crippen LogP contribution is 2.21. The lowest BCUT2D eigenvalue weighted by molar-refractivity contribution is -0.142. The van der Waals surface area contributed by atoms with E-state index in [0.29, 0.717) is 0 Å². The first-order chi connectivity index (χ1) is 9.90. The Morgan fingerprint density at radius 1 is 1.43 bits per heavy atom. The molecule has 2 N–H and O–H groups in total. The molecular formula is C12H16FNO6S. The second-order valence-electron chi connectivity index (χ2n) is 3.93. The molecule has 0 saturated carbocycles. The van der Waals surface area contributed by atoms with Gasteiger partial charge in [-0.1, -0.05) is 0 Å². The quantitative estimate of drug-likeness (QED) is 0.518. The van der Waals surface area contributed by atoms with Crippen molar-refractivity contribution in [2.45, 2.75) is 11.3 Å². The van der Waals surface area contributed by atoms with Crippen molar-refractivity contribution in [1.29, 1.82) is 0 Å². The Hall–Kier alpha value is -1.71. The number of methoxy groups -OCH3 is 1. The van der Waals surface area contributed by atoms with Crippen LogP contribution < -0.4 is 9.46 Å². The van der Waals surface area contributed by atoms with E-state index in [9.17, 15) is 17.6 Å². The number of benzene rings is 1. The maximum atomic E-state index is 13.7. The molecule has 0 fully saturated rings. The van der Waals surface area contributed by atoms with E-state index in [-0.39, 0.29) is 30.2 Å². The van der Waals surface area contributed by atoms with E-state index in [2.05, 4.69) is 9.46 Å². The molecule has 0 saturated heterocycles. The molecule has 0 aliphatic carbocycles. The van der Waals surface area contributed by atoms with Crippen molar-refractivity contribution < 1.29 is 32.2 Å². The van der Waals surface area contributed by atoms with Gasteiger partial charge in [0, 0.05) is 13.2 Å². The topological polar surface area (TPSA) is 102 Å². The minimum absolute atomic E-state index is 0.0427. The summed E-state index contributed by atoms with van der Waals surface area (Å²) < 4.78 is 48.7. The number of nitrogens with one attached hydrogen (secondary N) is 1. The van der Waals surface area contributed by atoms with E-state index >= 15 is 0 Å². The van der Waals surface area contributed by atoms with Crippen molar-refractivity contribution in [2.24, 2.45) is 0 Å². The molecule has 21 heavy (non-hydrogen) atoms. The zero-order valence-electron chi connectivity index (χ0n) is 11.3. The van der Waals surface area contributed by atoms with Gasteiger partial charge in [0.25, 0.3) is 0 Å². The van der Waals surface area contributed by atoms with Gasteiger partial charge in [0.15, 0.2) is 18.2 Å². The largest absolute Gasteiger partial charge is 0.479 e. The molecule has 9 heteroatoms. The Labute approximate surface area is 121 Å². The zero-order valence-corrected chi connectivity index (χ0v) is 12.2. The summed E-state index contributed by atoms with van der Waals surface area (Å²) in [6, 6.07) is 3.05. The Balaban J connectivity index is 2.79. The molecule has 0 aliphatic heterocycles. The molecule has 0 amide bonds. The summed E-state index contributed by atoms with van der Waals surface area (Å²) in [5, 5.41) is 8.59. The Morgan fingerprint density at radius 2 is 2.14 bits per heavy atom. The number of sulfonamides is 1. The van der Waals surface area contributed by atoms with Gasteiger partial charge in [0.05, 0.1) is 12.0 Å². The number of carbonyl (C=O) groups excluding carboxylic acids is 1. The predicted molar refractivity (Wildman–Crippen MR) is 70.8 cm³/mol. The van der Waals surface area contributed by atoms with E-state index in [1.807, 2.05) is 0 Å². The fourth-order valence-corrected chi connectivity index (χ4v) is 2.42. The van der Waals surface area contributed by atoms with Crippen molar-refractivity contribution in [3.8, 4) is 5.75 Å². The number of carbonyl (C=O) groups is 1. The van der Waals surface area contributed by atoms with Gasteiger partial charge < -0.3 is 14.6 Å². The first kappa shape index (κ1) is 17.3. The van der Waals surface area contributed by atoms with Crippen LogP contribution in [0.5, 0.6) is 5.75 Å². The number of aliphatic hydroxyl groups is 1. The molecule has 1 aromatic carbocycles. The molecule has 0 bridgehead atoms. The molecule has 1 rings (SSSR count). The average molecular weight is 321 g/mol. The number of esters is 1. The molecular weight excluding hydrogens is 305 g/mol. The Bertz CT molecular complexity index is 589. The predicted octanol–water partition coefficient (Wildman–Crippen LogP) is 0.0382. The van der Waals surface area contributed by atoms with Crippen molar-refractivity contribution in [3.05, 3.63) is 24.0 Å². The van der Waals surface area contributed by atoms with Crippen molar-refractivity contribution in [1.82, 2.24) is 4.72 Å². The molecule has 1 aromatic rings. The molecule has 0 radical (unpaired) electrons. The average Bonchev–Trinajstić information content (AvgIpc) is 2.45. The maximum absolute atomic E-state index is 13.7. The summed E-state index contributed by atoms with van der Waals surface area (Å²) in [6.07, 6.45) is 0.252. The number of ether oxygens (including phenoxy) is 2. The third-order valence-electron chi connectivity index (χ3n) is 2.41. The van der Waals surface area contributed by atoms with Gasteiger partial charge >= 0.3 is 5.97 Å². The normalized spacial score (nSPS) is 11.2. The van der Waals surface area contributed by atoms with Crippen LogP contribution in [0.15, 0.2) is 23.1 Å². The monoisotopic (exact) mass is 321 g/mol. The van der Waals surface area contributed by atoms with E-state index < -0.39 is 28.4 Å². The van der Waals surface area contributed by atoms with Gasteiger partial charge in [0.1, 0.15) is 0 Å². The van der Waals surface area contributed by atoms with Crippen LogP contribution in [0.2, 0.25) is 0 Å². The number of rotatable bonds is 8. The molecule has 0 aromatic heterocycles. The van der Waals surface area contributed by atoms with Gasteiger partial charge in [-0.2, -0.15) is 0 Å². The first-order valence-corrected chi connectivity index (χ1v) is 7.48. The summed E-state index contributed by atoms with van der Waals surface area (Å²) >= 11 is 0. The zero-order chi connectivity index (χ0) is 15.9. The maximum Gasteiger partial charge on any atom is 0.343 e. The fraction of sp³-hybridized carbons (Fsp3) is 0.417. The highest BCUT2D eigenvalue weighted by molar-refractivity contribution is 7.89. The minimum Gasteiger partial charge on any atom is -0.479 e. The van der Waals surface area contributed by atoms with Crippen LogP contribution in [0.4, 0.5) is 4.39 Å². The SMILES string of the molecule is COC(=O)COc1ccc(S(=O)(=O)NCCCO)cc1F. The lowest BCUT2D eigenvalue weighted by Gasteiger charge is -2.09. The molecule has 0 heterocycles. The van der Waals surface area contributed by atoms with Crippen LogP contribution in [0, 0.1) is 5.82 Å². The molecule has 0 atom stereocenters. The van der Waals surface area contributed by atoms with Crippen LogP contribution >= 0.6 is 0 Å². The number of aliphatic hydroxyl groups excluding tert-OH is 1. The Morgan fingerprint density at radius 3 is 2.71 bits per heavy atom. The van der Waals surface area contributed by atoms with Crippen LogP contribution in [-0.2, 0) is 19.6 Å². The second-order valence-corrected chi connectivity index (χ2v) is 5.70. The third kappa shape index (κ3) is 5.29. The molecule has 0 unspecified atom stereocenters. The van der Waals surface area contributed by atoms with E-state index in [0.717, 1.165) is 25.3 Å². The van der Waals surface area contributed by atoms with Gasteiger partial charge in [-0.3, -0.25) is 0 Å². The summed E-state index contributed by atoms with van der Waals surface area (Å²) in [7, 11) is -2.69. The second kappa shape index (κ2) is 7.91. The van der Waals surface area contributed by atoms with Gasteiger partial charge in [-0.05, 0) is 24.6 Å². The molecule has 118 valence electrons. The van der Waals surface area contributed by atoms with E-state index in [1.165, 1.54) is 0 Å². The minimum atomic E-state index is -3.86. The highest BCUT2D eigenvalue weighted by Gasteiger charge is 2.16. The van der Waals surface area contributed by atoms with Crippen LogP contribution in [0.3, 0.4) is 0 Å². The van der Waals surface area contributed by atoms with Crippen LogP contribution in [0.1, 0.15) is 6.42 Å². The standard InChI is InChI=1S/C12H16FNO6S/c1-19-12(16)8-20-11-4-3-9(7-10(11)13)21(17,18)14-5-2-6-15/h3-4,7,14-15H,2,5-6,8H2,1H3. The first-order valence-electron chi connectivity index (χ1n) is 6.00. The smallest absolute Gasteiger partial charge is 0.343 e. The van der Waals surface area contributed by atoms with E-state index in [4.69, 9.17) is 9.84 Å². The summed E-state index contributed by atoms with van der Waals surface area (Å²) in [5.74, 6) is -1.85. The summed E-state index contributed by atoms with van der Waals surface area (Å²) in [4.78, 5) is 10.6. The fourth-order valence-electron chi connectivity index (χ4n) is 1.33. The molecule has 7 nitrogen and oxygen atoms in total. The third-order valence-corrected chi connectivity index (χ3v) is 3.87. The van der Waals surface area contributed by atoms with Crippen molar-refractivity contribution in [3.63, 3.8) is 0 Å². The highest BCUT2D eigenvalue weighted by atomic mass is 32.2. The lowest BCUT2D eigenvalue weighted by Crippen LogP contribution is -2.25. The number of hydrogen-bond donors (Lipinski definition) is 2. The summed E-state index contributed by atoms with van der Waals surface area (Å²) in [6.45, 7) is -0.591. The van der Waals surface area contributed by atoms with E-state index in [1.54, 1.807) is 0 Å². The van der Waals surface area contributed by atoms with Gasteiger partial charge in [0.2, 0.25) is 10.0 Å². The van der Waals surface area contributed by atoms with Gasteiger partial charge in [-0.25, -0.2) is 22.3 Å². The lowest BCUT2D eigenvalue weighted by atomic mass is 10.3. The number of halogens is 1. The van der Waals surface area contributed by atoms with Crippen molar-refractivity contribution >= 4 is 16.0 Å². The number of hydrogen-bond acceptors (Lipinski definition) is 6.